The molecule has 1 aromatic heterocycles. The molecule has 0 bridgehead atoms. The Morgan fingerprint density at radius 2 is 2.18 bits per heavy atom. The number of carbonyl (C=O) groups excluding carboxylic acids is 1. The number of rotatable bonds is 8. The molecule has 0 saturated heterocycles. The van der Waals surface area contributed by atoms with E-state index in [4.69, 9.17) is 5.11 Å². The van der Waals surface area contributed by atoms with Crippen molar-refractivity contribution < 1.29 is 9.90 Å². The molecule has 1 atom stereocenters. The van der Waals surface area contributed by atoms with Crippen LogP contribution in [0.1, 0.15) is 31.2 Å². The van der Waals surface area contributed by atoms with Crippen molar-refractivity contribution in [3.8, 4) is 0 Å². The third-order valence-electron chi connectivity index (χ3n) is 3.36. The van der Waals surface area contributed by atoms with Crippen LogP contribution in [0.4, 0.5) is 4.79 Å². The Morgan fingerprint density at radius 1 is 1.36 bits per heavy atom. The van der Waals surface area contributed by atoms with Gasteiger partial charge in [-0.15, -0.1) is 11.3 Å². The molecule has 0 aliphatic heterocycles. The number of urea groups is 1. The number of aromatic nitrogens is 1. The summed E-state index contributed by atoms with van der Waals surface area (Å²) >= 11 is 1.71. The van der Waals surface area contributed by atoms with Crippen molar-refractivity contribution >= 4 is 27.6 Å². The predicted octanol–water partition coefficient (Wildman–Crippen LogP) is 2.69. The van der Waals surface area contributed by atoms with Gasteiger partial charge in [-0.2, -0.15) is 0 Å². The van der Waals surface area contributed by atoms with Crippen LogP contribution in [0.3, 0.4) is 0 Å². The average Bonchev–Trinajstić information content (AvgIpc) is 2.92. The quantitative estimate of drug-likeness (QED) is 0.654. The fourth-order valence-electron chi connectivity index (χ4n) is 2.21. The number of para-hydroxylation sites is 1. The van der Waals surface area contributed by atoms with Crippen LogP contribution in [0, 0.1) is 0 Å². The molecule has 2 amide bonds. The standard InChI is InChI=1S/C16H23N3O2S/c1-12(6-5-11-20)18-16(21)17-10-4-9-15-19-13-7-2-3-8-14(13)22-15/h2-3,7-8,12,20H,4-6,9-11H2,1H3,(H2,17,18,21). The molecule has 0 saturated carbocycles. The molecule has 22 heavy (non-hydrogen) atoms. The van der Waals surface area contributed by atoms with E-state index < -0.39 is 0 Å². The first-order valence-electron chi connectivity index (χ1n) is 7.68. The third-order valence-corrected chi connectivity index (χ3v) is 4.46. The van der Waals surface area contributed by atoms with Crippen molar-refractivity contribution in [1.29, 1.82) is 0 Å². The van der Waals surface area contributed by atoms with Crippen LogP contribution >= 0.6 is 11.3 Å². The monoisotopic (exact) mass is 321 g/mol. The molecule has 1 aromatic carbocycles. The maximum atomic E-state index is 11.7. The topological polar surface area (TPSA) is 74.2 Å². The molecule has 6 heteroatoms. The second-order valence-corrected chi connectivity index (χ2v) is 6.46. The first-order chi connectivity index (χ1) is 10.7. The van der Waals surface area contributed by atoms with E-state index in [0.29, 0.717) is 13.0 Å². The van der Waals surface area contributed by atoms with E-state index in [1.165, 1.54) is 4.70 Å². The number of amides is 2. The minimum atomic E-state index is -0.144. The van der Waals surface area contributed by atoms with Crippen LogP contribution in [-0.2, 0) is 6.42 Å². The smallest absolute Gasteiger partial charge is 0.314 e. The van der Waals surface area contributed by atoms with Crippen molar-refractivity contribution in [3.63, 3.8) is 0 Å². The van der Waals surface area contributed by atoms with Gasteiger partial charge < -0.3 is 15.7 Å². The third kappa shape index (κ3) is 5.27. The molecule has 120 valence electrons. The molecule has 0 spiro atoms. The highest BCUT2D eigenvalue weighted by molar-refractivity contribution is 7.18. The summed E-state index contributed by atoms with van der Waals surface area (Å²) in [7, 11) is 0. The van der Waals surface area contributed by atoms with E-state index in [1.54, 1.807) is 11.3 Å². The molecule has 1 unspecified atom stereocenters. The first-order valence-corrected chi connectivity index (χ1v) is 8.50. The van der Waals surface area contributed by atoms with Crippen molar-refractivity contribution in [2.75, 3.05) is 13.2 Å². The minimum Gasteiger partial charge on any atom is -0.396 e. The molecule has 2 aromatic rings. The van der Waals surface area contributed by atoms with Crippen LogP contribution in [0.2, 0.25) is 0 Å². The molecular formula is C16H23N3O2S. The van der Waals surface area contributed by atoms with E-state index >= 15 is 0 Å². The summed E-state index contributed by atoms with van der Waals surface area (Å²) in [5.41, 5.74) is 1.05. The lowest BCUT2D eigenvalue weighted by Crippen LogP contribution is -2.41. The van der Waals surface area contributed by atoms with Gasteiger partial charge in [0, 0.05) is 25.6 Å². The largest absolute Gasteiger partial charge is 0.396 e. The lowest BCUT2D eigenvalue weighted by Gasteiger charge is -2.13. The number of hydrogen-bond donors (Lipinski definition) is 3. The number of aliphatic hydroxyl groups is 1. The number of aryl methyl sites for hydroxylation is 1. The maximum absolute atomic E-state index is 11.7. The Balaban J connectivity index is 1.65. The van der Waals surface area contributed by atoms with Gasteiger partial charge in [0.1, 0.15) is 0 Å². The Kier molecular flexibility index (Phi) is 6.61. The Bertz CT molecular complexity index is 567. The summed E-state index contributed by atoms with van der Waals surface area (Å²) < 4.78 is 1.21. The summed E-state index contributed by atoms with van der Waals surface area (Å²) in [5.74, 6) is 0. The second-order valence-electron chi connectivity index (χ2n) is 5.35. The summed E-state index contributed by atoms with van der Waals surface area (Å²) in [6.45, 7) is 2.74. The maximum Gasteiger partial charge on any atom is 0.314 e. The van der Waals surface area contributed by atoms with Crippen LogP contribution in [-0.4, -0.2) is 35.3 Å². The molecule has 1 heterocycles. The lowest BCUT2D eigenvalue weighted by molar-refractivity contribution is 0.234. The zero-order valence-corrected chi connectivity index (χ0v) is 13.7. The van der Waals surface area contributed by atoms with E-state index in [-0.39, 0.29) is 18.7 Å². The van der Waals surface area contributed by atoms with Gasteiger partial charge in [0.25, 0.3) is 0 Å². The highest BCUT2D eigenvalue weighted by Gasteiger charge is 2.07. The van der Waals surface area contributed by atoms with Crippen molar-refractivity contribution in [2.45, 2.75) is 38.6 Å². The van der Waals surface area contributed by atoms with Gasteiger partial charge in [-0.05, 0) is 38.3 Å². The minimum absolute atomic E-state index is 0.0800. The number of aliphatic hydroxyl groups excluding tert-OH is 1. The Labute approximate surface area is 134 Å². The van der Waals surface area contributed by atoms with Gasteiger partial charge in [-0.1, -0.05) is 12.1 Å². The van der Waals surface area contributed by atoms with Gasteiger partial charge in [0.2, 0.25) is 0 Å². The average molecular weight is 321 g/mol. The molecule has 0 fully saturated rings. The van der Waals surface area contributed by atoms with Crippen molar-refractivity contribution in [2.24, 2.45) is 0 Å². The van der Waals surface area contributed by atoms with E-state index in [0.717, 1.165) is 29.8 Å². The molecule has 0 aliphatic carbocycles. The van der Waals surface area contributed by atoms with Gasteiger partial charge in [-0.25, -0.2) is 9.78 Å². The van der Waals surface area contributed by atoms with E-state index in [2.05, 4.69) is 21.7 Å². The molecule has 0 radical (unpaired) electrons. The Morgan fingerprint density at radius 3 is 2.95 bits per heavy atom. The molecule has 2 rings (SSSR count). The van der Waals surface area contributed by atoms with Crippen LogP contribution in [0.15, 0.2) is 24.3 Å². The van der Waals surface area contributed by atoms with E-state index in [9.17, 15) is 4.79 Å². The van der Waals surface area contributed by atoms with Gasteiger partial charge in [-0.3, -0.25) is 0 Å². The number of carbonyl (C=O) groups is 1. The fourth-order valence-corrected chi connectivity index (χ4v) is 3.22. The van der Waals surface area contributed by atoms with Crippen LogP contribution in [0.5, 0.6) is 0 Å². The summed E-state index contributed by atoms with van der Waals surface area (Å²) in [5, 5.41) is 15.6. The first kappa shape index (κ1) is 16.7. The number of nitrogens with one attached hydrogen (secondary N) is 2. The van der Waals surface area contributed by atoms with Crippen LogP contribution in [0.25, 0.3) is 10.2 Å². The fraction of sp³-hybridized carbons (Fsp3) is 0.500. The highest BCUT2D eigenvalue weighted by atomic mass is 32.1. The number of nitrogens with zero attached hydrogens (tertiary/aromatic N) is 1. The zero-order chi connectivity index (χ0) is 15.8. The number of thiazole rings is 1. The summed E-state index contributed by atoms with van der Waals surface area (Å²) in [4.78, 5) is 16.2. The summed E-state index contributed by atoms with van der Waals surface area (Å²) in [6, 6.07) is 8.06. The molecule has 3 N–H and O–H groups in total. The van der Waals surface area contributed by atoms with Crippen molar-refractivity contribution in [1.82, 2.24) is 15.6 Å². The van der Waals surface area contributed by atoms with Gasteiger partial charge >= 0.3 is 6.03 Å². The van der Waals surface area contributed by atoms with Gasteiger partial charge in [0.05, 0.1) is 15.2 Å². The summed E-state index contributed by atoms with van der Waals surface area (Å²) in [6.07, 6.45) is 3.24. The Hall–Kier alpha value is -1.66. The number of fused-ring (bicyclic) bond motifs is 1. The molecule has 5 nitrogen and oxygen atoms in total. The number of benzene rings is 1. The second kappa shape index (κ2) is 8.70. The number of hydrogen-bond acceptors (Lipinski definition) is 4. The lowest BCUT2D eigenvalue weighted by atomic mass is 10.2. The normalized spacial score (nSPS) is 12.3. The van der Waals surface area contributed by atoms with Crippen LogP contribution < -0.4 is 10.6 Å². The highest BCUT2D eigenvalue weighted by Crippen LogP contribution is 2.22. The predicted molar refractivity (Wildman–Crippen MR) is 90.3 cm³/mol. The molecule has 0 aliphatic rings. The SMILES string of the molecule is CC(CCCO)NC(=O)NCCCc1nc2ccccc2s1. The van der Waals surface area contributed by atoms with Crippen molar-refractivity contribution in [3.05, 3.63) is 29.3 Å². The molecular weight excluding hydrogens is 298 g/mol. The van der Waals surface area contributed by atoms with E-state index in [1.807, 2.05) is 25.1 Å². The zero-order valence-electron chi connectivity index (χ0n) is 12.8. The van der Waals surface area contributed by atoms with Gasteiger partial charge in [0.15, 0.2) is 0 Å².